The third kappa shape index (κ3) is 1.37. The molecule has 0 saturated heterocycles. The molecule has 0 aliphatic heterocycles. The summed E-state index contributed by atoms with van der Waals surface area (Å²) in [4.78, 5) is 25.5. The van der Waals surface area contributed by atoms with Crippen molar-refractivity contribution in [2.45, 2.75) is 6.42 Å². The van der Waals surface area contributed by atoms with Gasteiger partial charge in [0.05, 0.1) is 11.3 Å². The van der Waals surface area contributed by atoms with Crippen LogP contribution in [-0.2, 0) is 11.2 Å². The van der Waals surface area contributed by atoms with Gasteiger partial charge in [0.2, 0.25) is 11.6 Å². The predicted molar refractivity (Wildman–Crippen MR) is 53.5 cm³/mol. The molecule has 1 aromatic rings. The molecule has 0 unspecified atom stereocenters. The normalized spacial score (nSPS) is 15.1. The summed E-state index contributed by atoms with van der Waals surface area (Å²) >= 11 is 0. The van der Waals surface area contributed by atoms with Crippen molar-refractivity contribution < 1.29 is 14.7 Å². The van der Waals surface area contributed by atoms with Crippen molar-refractivity contribution in [1.82, 2.24) is 4.98 Å². The molecule has 0 radical (unpaired) electrons. The minimum atomic E-state index is -0.696. The zero-order valence-electron chi connectivity index (χ0n) is 7.91. The van der Waals surface area contributed by atoms with Crippen LogP contribution in [0.5, 0.6) is 0 Å². The molecule has 0 spiro atoms. The first-order valence-corrected chi connectivity index (χ1v) is 4.55. The lowest BCUT2D eigenvalue weighted by molar-refractivity contribution is -0.111. The number of nitrogens with two attached hydrogens (primary N) is 1. The highest BCUT2D eigenvalue weighted by Gasteiger charge is 2.29. The van der Waals surface area contributed by atoms with Crippen LogP contribution in [-0.4, -0.2) is 28.2 Å². The standard InChI is InChI=1S/C10H10N2O3/c11-2-1-5-4-12-9-6(13)3-7(14)10(15)8(5)9/h3-4,12-13H,1-2,11H2. The Morgan fingerprint density at radius 1 is 1.40 bits per heavy atom. The van der Waals surface area contributed by atoms with Gasteiger partial charge < -0.3 is 15.8 Å². The second kappa shape index (κ2) is 3.36. The second-order valence-electron chi connectivity index (χ2n) is 3.33. The third-order valence-electron chi connectivity index (χ3n) is 2.35. The summed E-state index contributed by atoms with van der Waals surface area (Å²) in [5.41, 5.74) is 6.62. The minimum absolute atomic E-state index is 0.196. The number of hydrogen-bond acceptors (Lipinski definition) is 4. The number of fused-ring (bicyclic) bond motifs is 1. The van der Waals surface area contributed by atoms with Gasteiger partial charge in [-0.05, 0) is 18.5 Å². The Bertz CT molecular complexity index is 471. The number of aromatic amines is 1. The monoisotopic (exact) mass is 206 g/mol. The molecule has 78 valence electrons. The van der Waals surface area contributed by atoms with Crippen LogP contribution < -0.4 is 5.73 Å². The Morgan fingerprint density at radius 2 is 2.13 bits per heavy atom. The number of hydrogen-bond donors (Lipinski definition) is 3. The molecule has 0 amide bonds. The Morgan fingerprint density at radius 3 is 2.80 bits per heavy atom. The van der Waals surface area contributed by atoms with Crippen molar-refractivity contribution in [3.63, 3.8) is 0 Å². The molecule has 15 heavy (non-hydrogen) atoms. The third-order valence-corrected chi connectivity index (χ3v) is 2.35. The molecule has 5 heteroatoms. The molecule has 1 aliphatic carbocycles. The number of H-pyrrole nitrogens is 1. The van der Waals surface area contributed by atoms with Gasteiger partial charge in [-0.3, -0.25) is 9.59 Å². The number of ketones is 2. The maximum absolute atomic E-state index is 11.6. The van der Waals surface area contributed by atoms with E-state index in [9.17, 15) is 14.7 Å². The highest BCUT2D eigenvalue weighted by atomic mass is 16.3. The van der Waals surface area contributed by atoms with E-state index in [1.165, 1.54) is 0 Å². The van der Waals surface area contributed by atoms with Gasteiger partial charge >= 0.3 is 0 Å². The van der Waals surface area contributed by atoms with E-state index >= 15 is 0 Å². The SMILES string of the molecule is NCCc1c[nH]c2c1C(=O)C(=O)C=C2O. The van der Waals surface area contributed by atoms with Gasteiger partial charge in [0.25, 0.3) is 0 Å². The Kier molecular flexibility index (Phi) is 2.17. The average Bonchev–Trinajstić information content (AvgIpc) is 2.60. The van der Waals surface area contributed by atoms with E-state index in [4.69, 9.17) is 5.73 Å². The highest BCUT2D eigenvalue weighted by Crippen LogP contribution is 2.25. The van der Waals surface area contributed by atoms with Crippen LogP contribution >= 0.6 is 0 Å². The summed E-state index contributed by atoms with van der Waals surface area (Å²) in [6.07, 6.45) is 3.02. The van der Waals surface area contributed by atoms with E-state index in [2.05, 4.69) is 4.98 Å². The molecule has 2 rings (SSSR count). The molecule has 0 saturated carbocycles. The smallest absolute Gasteiger partial charge is 0.235 e. The fourth-order valence-electron chi connectivity index (χ4n) is 1.66. The molecule has 1 aromatic heterocycles. The van der Waals surface area contributed by atoms with Crippen LogP contribution in [0.4, 0.5) is 0 Å². The van der Waals surface area contributed by atoms with Crippen molar-refractivity contribution in [3.05, 3.63) is 29.1 Å². The molecule has 0 atom stereocenters. The van der Waals surface area contributed by atoms with E-state index in [0.29, 0.717) is 24.2 Å². The van der Waals surface area contributed by atoms with Gasteiger partial charge in [-0.2, -0.15) is 0 Å². The topological polar surface area (TPSA) is 96.2 Å². The van der Waals surface area contributed by atoms with Gasteiger partial charge in [-0.25, -0.2) is 0 Å². The van der Waals surface area contributed by atoms with Gasteiger partial charge in [0.15, 0.2) is 0 Å². The number of aliphatic hydroxyl groups is 1. The molecule has 4 N–H and O–H groups in total. The number of rotatable bonds is 2. The average molecular weight is 206 g/mol. The fraction of sp³-hybridized carbons (Fsp3) is 0.200. The van der Waals surface area contributed by atoms with Crippen molar-refractivity contribution in [2.75, 3.05) is 6.54 Å². The molecule has 5 nitrogen and oxygen atoms in total. The van der Waals surface area contributed by atoms with Crippen LogP contribution in [0.25, 0.3) is 5.76 Å². The second-order valence-corrected chi connectivity index (χ2v) is 3.33. The molecular formula is C10H10N2O3. The van der Waals surface area contributed by atoms with Gasteiger partial charge in [-0.1, -0.05) is 0 Å². The number of aliphatic hydroxyl groups excluding tert-OH is 1. The molecule has 1 aliphatic rings. The summed E-state index contributed by atoms with van der Waals surface area (Å²) in [7, 11) is 0. The Hall–Kier alpha value is -1.88. The first-order chi connectivity index (χ1) is 7.15. The predicted octanol–water partition coefficient (Wildman–Crippen LogP) is 0.180. The number of aromatic nitrogens is 1. The van der Waals surface area contributed by atoms with Crippen molar-refractivity contribution in [3.8, 4) is 0 Å². The van der Waals surface area contributed by atoms with E-state index in [1.807, 2.05) is 0 Å². The largest absolute Gasteiger partial charge is 0.506 e. The summed E-state index contributed by atoms with van der Waals surface area (Å²) in [6.45, 7) is 0.385. The van der Waals surface area contributed by atoms with Gasteiger partial charge in [0, 0.05) is 12.3 Å². The maximum Gasteiger partial charge on any atom is 0.235 e. The fourth-order valence-corrected chi connectivity index (χ4v) is 1.66. The quantitative estimate of drug-likeness (QED) is 0.601. The number of Topliss-reactive ketones (excluding diaryl/α,β-unsaturated/α-hetero) is 1. The van der Waals surface area contributed by atoms with Gasteiger partial charge in [0.1, 0.15) is 5.76 Å². The number of carbonyl (C=O) groups excluding carboxylic acids is 2. The van der Waals surface area contributed by atoms with Crippen LogP contribution in [0.1, 0.15) is 21.6 Å². The van der Waals surface area contributed by atoms with Gasteiger partial charge in [-0.15, -0.1) is 0 Å². The van der Waals surface area contributed by atoms with Crippen molar-refractivity contribution in [2.24, 2.45) is 5.73 Å². The molecule has 0 fully saturated rings. The van der Waals surface area contributed by atoms with Crippen LogP contribution in [0.3, 0.4) is 0 Å². The van der Waals surface area contributed by atoms with E-state index in [1.54, 1.807) is 6.20 Å². The molecule has 1 heterocycles. The molecule has 0 aromatic carbocycles. The lowest BCUT2D eigenvalue weighted by Crippen LogP contribution is -2.19. The Balaban J connectivity index is 2.57. The molecular weight excluding hydrogens is 196 g/mol. The number of allylic oxidation sites excluding steroid dienone is 1. The highest BCUT2D eigenvalue weighted by molar-refractivity contribution is 6.50. The Labute approximate surface area is 85.6 Å². The van der Waals surface area contributed by atoms with E-state index in [-0.39, 0.29) is 11.3 Å². The lowest BCUT2D eigenvalue weighted by Gasteiger charge is -2.08. The van der Waals surface area contributed by atoms with E-state index in [0.717, 1.165) is 6.08 Å². The van der Waals surface area contributed by atoms with Crippen molar-refractivity contribution >= 4 is 17.3 Å². The number of carbonyl (C=O) groups is 2. The van der Waals surface area contributed by atoms with Crippen LogP contribution in [0, 0.1) is 0 Å². The van der Waals surface area contributed by atoms with Crippen molar-refractivity contribution in [1.29, 1.82) is 0 Å². The summed E-state index contributed by atoms with van der Waals surface area (Å²) in [6, 6.07) is 0. The maximum atomic E-state index is 11.6. The molecule has 0 bridgehead atoms. The van der Waals surface area contributed by atoms with Crippen LogP contribution in [0.15, 0.2) is 12.3 Å². The minimum Gasteiger partial charge on any atom is -0.506 e. The summed E-state index contributed by atoms with van der Waals surface area (Å²) < 4.78 is 0. The lowest BCUT2D eigenvalue weighted by atomic mass is 9.95. The first kappa shape index (κ1) is 9.67. The zero-order chi connectivity index (χ0) is 11.0. The first-order valence-electron chi connectivity index (χ1n) is 4.55. The van der Waals surface area contributed by atoms with E-state index < -0.39 is 11.6 Å². The van der Waals surface area contributed by atoms with Crippen LogP contribution in [0.2, 0.25) is 0 Å². The zero-order valence-corrected chi connectivity index (χ0v) is 7.91. The number of nitrogens with one attached hydrogen (secondary N) is 1. The summed E-state index contributed by atoms with van der Waals surface area (Å²) in [5, 5.41) is 9.46. The summed E-state index contributed by atoms with van der Waals surface area (Å²) in [5.74, 6) is -1.48.